The van der Waals surface area contributed by atoms with E-state index in [-0.39, 0.29) is 12.6 Å². The van der Waals surface area contributed by atoms with Gasteiger partial charge >= 0.3 is 0 Å². The molecule has 0 amide bonds. The van der Waals surface area contributed by atoms with E-state index in [2.05, 4.69) is 0 Å². The van der Waals surface area contributed by atoms with Gasteiger partial charge in [-0.15, -0.1) is 0 Å². The van der Waals surface area contributed by atoms with Crippen molar-refractivity contribution in [2.45, 2.75) is 49.7 Å². The first-order valence-corrected chi connectivity index (χ1v) is 6.97. The minimum absolute atomic E-state index is 0.0258. The highest BCUT2D eigenvalue weighted by atomic mass is 16.4. The minimum Gasteiger partial charge on any atom is -0.394 e. The van der Waals surface area contributed by atoms with Crippen LogP contribution in [-0.4, -0.2) is 114 Å². The van der Waals surface area contributed by atoms with Gasteiger partial charge in [0.25, 0.3) is 0 Å². The fourth-order valence-electron chi connectivity index (χ4n) is 1.40. The SMILES string of the molecule is CC(C(O)C=O)C(O)C(O)CO.O=CC(O)C(O)C(O)C(O)CO. The molecule has 0 saturated heterocycles. The summed E-state index contributed by atoms with van der Waals surface area (Å²) in [5, 5.41) is 79.0. The lowest BCUT2D eigenvalue weighted by Crippen LogP contribution is -2.46. The molecular formula is C13H26O11. The van der Waals surface area contributed by atoms with Crippen molar-refractivity contribution in [3.05, 3.63) is 0 Å². The van der Waals surface area contributed by atoms with Crippen molar-refractivity contribution >= 4 is 12.6 Å². The molecule has 0 aliphatic heterocycles. The zero-order chi connectivity index (χ0) is 19.4. The van der Waals surface area contributed by atoms with E-state index in [1.54, 1.807) is 0 Å². The third kappa shape index (κ3) is 8.73. The van der Waals surface area contributed by atoms with Crippen molar-refractivity contribution in [3.8, 4) is 0 Å². The van der Waals surface area contributed by atoms with Gasteiger partial charge in [0.15, 0.2) is 6.29 Å². The molecule has 24 heavy (non-hydrogen) atoms. The lowest BCUT2D eigenvalue weighted by Gasteiger charge is -2.23. The molecule has 11 heteroatoms. The molecule has 0 radical (unpaired) electrons. The van der Waals surface area contributed by atoms with Gasteiger partial charge in [0.1, 0.15) is 42.9 Å². The molecule has 8 unspecified atom stereocenters. The number of hydrogen-bond acceptors (Lipinski definition) is 11. The molecule has 0 aliphatic carbocycles. The molecule has 0 heterocycles. The summed E-state index contributed by atoms with van der Waals surface area (Å²) < 4.78 is 0. The Labute approximate surface area is 138 Å². The van der Waals surface area contributed by atoms with Crippen molar-refractivity contribution < 1.29 is 55.5 Å². The van der Waals surface area contributed by atoms with Crippen molar-refractivity contribution in [1.29, 1.82) is 0 Å². The quantitative estimate of drug-likeness (QED) is 0.168. The summed E-state index contributed by atoms with van der Waals surface area (Å²) in [6, 6.07) is 0. The normalized spacial score (nSPS) is 21.1. The van der Waals surface area contributed by atoms with Gasteiger partial charge < -0.3 is 55.5 Å². The molecule has 8 atom stereocenters. The lowest BCUT2D eigenvalue weighted by atomic mass is 9.95. The minimum atomic E-state index is -1.79. The maximum absolute atomic E-state index is 10.1. The molecule has 0 fully saturated rings. The van der Waals surface area contributed by atoms with Crippen LogP contribution in [0.3, 0.4) is 0 Å². The van der Waals surface area contributed by atoms with Crippen LogP contribution in [0.5, 0.6) is 0 Å². The molecule has 0 aliphatic rings. The van der Waals surface area contributed by atoms with E-state index in [1.165, 1.54) is 6.92 Å². The maximum Gasteiger partial charge on any atom is 0.151 e. The van der Waals surface area contributed by atoms with Crippen LogP contribution >= 0.6 is 0 Å². The van der Waals surface area contributed by atoms with E-state index in [9.17, 15) is 9.59 Å². The highest BCUT2D eigenvalue weighted by Crippen LogP contribution is 2.10. The zero-order valence-corrected chi connectivity index (χ0v) is 13.0. The Bertz CT molecular complexity index is 308. The van der Waals surface area contributed by atoms with Crippen LogP contribution in [-0.2, 0) is 9.59 Å². The average Bonchev–Trinajstić information content (AvgIpc) is 2.62. The third-order valence-electron chi connectivity index (χ3n) is 3.22. The molecule has 0 aromatic carbocycles. The number of aliphatic hydroxyl groups excluding tert-OH is 9. The number of rotatable bonds is 10. The Balaban J connectivity index is 0. The van der Waals surface area contributed by atoms with E-state index < -0.39 is 61.9 Å². The predicted octanol–water partition coefficient (Wildman–Crippen LogP) is -5.48. The fraction of sp³-hybridized carbons (Fsp3) is 0.846. The van der Waals surface area contributed by atoms with Gasteiger partial charge in [0.05, 0.1) is 19.3 Å². The van der Waals surface area contributed by atoms with E-state index in [4.69, 9.17) is 46.0 Å². The lowest BCUT2D eigenvalue weighted by molar-refractivity contribution is -0.136. The smallest absolute Gasteiger partial charge is 0.151 e. The van der Waals surface area contributed by atoms with E-state index in [1.807, 2.05) is 0 Å². The van der Waals surface area contributed by atoms with Gasteiger partial charge in [-0.1, -0.05) is 6.92 Å². The van der Waals surface area contributed by atoms with Crippen molar-refractivity contribution in [3.63, 3.8) is 0 Å². The molecule has 144 valence electrons. The Hall–Kier alpha value is -1.02. The van der Waals surface area contributed by atoms with Crippen molar-refractivity contribution in [2.75, 3.05) is 13.2 Å². The molecule has 0 bridgehead atoms. The third-order valence-corrected chi connectivity index (χ3v) is 3.22. The Kier molecular flexibility index (Phi) is 14.0. The summed E-state index contributed by atoms with van der Waals surface area (Å²) in [7, 11) is 0. The number of hydrogen-bond donors (Lipinski definition) is 9. The van der Waals surface area contributed by atoms with Crippen LogP contribution in [0.15, 0.2) is 0 Å². The average molecular weight is 358 g/mol. The van der Waals surface area contributed by atoms with E-state index >= 15 is 0 Å². The summed E-state index contributed by atoms with van der Waals surface area (Å²) >= 11 is 0. The summed E-state index contributed by atoms with van der Waals surface area (Å²) in [5.41, 5.74) is 0. The van der Waals surface area contributed by atoms with E-state index in [0.717, 1.165) is 0 Å². The predicted molar refractivity (Wildman–Crippen MR) is 77.5 cm³/mol. The maximum atomic E-state index is 10.1. The standard InChI is InChI=1S/C7H14O5.C6H12O6/c1-4(5(10)2-8)7(12)6(11)3-9;7-1-3(9)5(11)6(12)4(10)2-8/h2,4-7,9-12H,3H2,1H3;1,3-6,8-12H,2H2. The van der Waals surface area contributed by atoms with Gasteiger partial charge in [-0.2, -0.15) is 0 Å². The summed E-state index contributed by atoms with van der Waals surface area (Å²) in [4.78, 5) is 20.0. The first-order valence-electron chi connectivity index (χ1n) is 6.97. The molecule has 9 N–H and O–H groups in total. The highest BCUT2D eigenvalue weighted by Gasteiger charge is 2.29. The zero-order valence-electron chi connectivity index (χ0n) is 13.0. The van der Waals surface area contributed by atoms with Crippen LogP contribution in [0.4, 0.5) is 0 Å². The van der Waals surface area contributed by atoms with Crippen LogP contribution in [0.1, 0.15) is 6.92 Å². The second kappa shape index (κ2) is 13.3. The highest BCUT2D eigenvalue weighted by molar-refractivity contribution is 5.56. The molecule has 0 aromatic heterocycles. The Morgan fingerprint density at radius 1 is 0.667 bits per heavy atom. The van der Waals surface area contributed by atoms with Gasteiger partial charge in [0, 0.05) is 5.92 Å². The molecule has 0 saturated carbocycles. The van der Waals surface area contributed by atoms with Crippen LogP contribution in [0, 0.1) is 5.92 Å². The fourth-order valence-corrected chi connectivity index (χ4v) is 1.40. The molecule has 0 rings (SSSR count). The van der Waals surface area contributed by atoms with Crippen molar-refractivity contribution in [1.82, 2.24) is 0 Å². The number of aliphatic hydroxyl groups is 9. The molecule has 0 spiro atoms. The van der Waals surface area contributed by atoms with E-state index in [0.29, 0.717) is 0 Å². The second-order valence-corrected chi connectivity index (χ2v) is 5.08. The molecule has 11 nitrogen and oxygen atoms in total. The first-order chi connectivity index (χ1) is 11.1. The first kappa shape index (κ1) is 25.2. The van der Waals surface area contributed by atoms with Gasteiger partial charge in [-0.25, -0.2) is 0 Å². The topological polar surface area (TPSA) is 216 Å². The van der Waals surface area contributed by atoms with Crippen LogP contribution < -0.4 is 0 Å². The number of carbonyl (C=O) groups is 2. The largest absolute Gasteiger partial charge is 0.394 e. The Morgan fingerprint density at radius 3 is 1.38 bits per heavy atom. The monoisotopic (exact) mass is 358 g/mol. The number of carbonyl (C=O) groups excluding carboxylic acids is 2. The summed E-state index contributed by atoms with van der Waals surface area (Å²) in [6.07, 6.45) is -10.5. The van der Waals surface area contributed by atoms with Gasteiger partial charge in [0.2, 0.25) is 0 Å². The Morgan fingerprint density at radius 2 is 1.04 bits per heavy atom. The van der Waals surface area contributed by atoms with Crippen molar-refractivity contribution in [2.24, 2.45) is 5.92 Å². The summed E-state index contributed by atoms with van der Waals surface area (Å²) in [6.45, 7) is 0.0451. The second-order valence-electron chi connectivity index (χ2n) is 5.08. The van der Waals surface area contributed by atoms with Crippen LogP contribution in [0.2, 0.25) is 0 Å². The van der Waals surface area contributed by atoms with Crippen LogP contribution in [0.25, 0.3) is 0 Å². The van der Waals surface area contributed by atoms with Gasteiger partial charge in [-0.3, -0.25) is 0 Å². The summed E-state index contributed by atoms with van der Waals surface area (Å²) in [5.74, 6) is -0.787. The molecule has 0 aromatic rings. The van der Waals surface area contributed by atoms with Gasteiger partial charge in [-0.05, 0) is 0 Å². The molecular weight excluding hydrogens is 332 g/mol. The number of aldehydes is 2.